The molecular formula is C22H25N3O3. The number of carbonyl (C=O) groups excluding carboxylic acids is 2. The van der Waals surface area contributed by atoms with Crippen LogP contribution in [0.4, 0.5) is 5.69 Å². The predicted octanol–water partition coefficient (Wildman–Crippen LogP) is 3.15. The highest BCUT2D eigenvalue weighted by Crippen LogP contribution is 2.25. The molecule has 3 rings (SSSR count). The highest BCUT2D eigenvalue weighted by Gasteiger charge is 2.35. The lowest BCUT2D eigenvalue weighted by atomic mass is 10.1. The second-order valence-electron chi connectivity index (χ2n) is 6.66. The van der Waals surface area contributed by atoms with E-state index >= 15 is 0 Å². The number of amides is 2. The molecule has 0 spiro atoms. The molecule has 0 aliphatic carbocycles. The minimum absolute atomic E-state index is 0.0418. The zero-order chi connectivity index (χ0) is 19.9. The molecule has 1 aliphatic heterocycles. The van der Waals surface area contributed by atoms with Crippen LogP contribution in [0.3, 0.4) is 0 Å². The van der Waals surface area contributed by atoms with Crippen LogP contribution in [-0.2, 0) is 16.0 Å². The van der Waals surface area contributed by atoms with Gasteiger partial charge in [0.15, 0.2) is 0 Å². The van der Waals surface area contributed by atoms with Crippen LogP contribution in [-0.4, -0.2) is 31.2 Å². The first kappa shape index (κ1) is 19.6. The normalized spacial score (nSPS) is 16.6. The standard InChI is InChI=1S/C22H25N3O3/c1-3-16-5-9-19(10-6-16)25-15-18(13-21(25)26)22(27)24-23-14-17-7-11-20(12-8-17)28-4-2/h5-12,14,18H,3-4,13,15H2,1-2H3,(H,24,27)/b23-14-/t18-/m0/s1. The van der Waals surface area contributed by atoms with Crippen LogP contribution in [0, 0.1) is 5.92 Å². The van der Waals surface area contributed by atoms with Crippen LogP contribution in [0.1, 0.15) is 31.4 Å². The Labute approximate surface area is 165 Å². The van der Waals surface area contributed by atoms with E-state index in [1.807, 2.05) is 55.5 Å². The van der Waals surface area contributed by atoms with Crippen molar-refractivity contribution < 1.29 is 14.3 Å². The Morgan fingerprint density at radius 3 is 2.54 bits per heavy atom. The van der Waals surface area contributed by atoms with Gasteiger partial charge in [-0.25, -0.2) is 5.43 Å². The fourth-order valence-electron chi connectivity index (χ4n) is 3.12. The summed E-state index contributed by atoms with van der Waals surface area (Å²) in [6.07, 6.45) is 2.72. The summed E-state index contributed by atoms with van der Waals surface area (Å²) < 4.78 is 5.39. The number of aryl methyl sites for hydroxylation is 1. The van der Waals surface area contributed by atoms with Crippen LogP contribution in [0.2, 0.25) is 0 Å². The van der Waals surface area contributed by atoms with Crippen molar-refractivity contribution in [3.05, 3.63) is 59.7 Å². The van der Waals surface area contributed by atoms with Gasteiger partial charge < -0.3 is 9.64 Å². The summed E-state index contributed by atoms with van der Waals surface area (Å²) >= 11 is 0. The molecule has 0 unspecified atom stereocenters. The van der Waals surface area contributed by atoms with Crippen LogP contribution in [0.5, 0.6) is 5.75 Å². The Bertz CT molecular complexity index is 844. The van der Waals surface area contributed by atoms with Gasteiger partial charge in [0.1, 0.15) is 5.75 Å². The maximum Gasteiger partial charge on any atom is 0.245 e. The van der Waals surface area contributed by atoms with E-state index in [1.165, 1.54) is 5.56 Å². The zero-order valence-corrected chi connectivity index (χ0v) is 16.2. The van der Waals surface area contributed by atoms with Crippen molar-refractivity contribution in [3.63, 3.8) is 0 Å². The molecule has 28 heavy (non-hydrogen) atoms. The lowest BCUT2D eigenvalue weighted by Crippen LogP contribution is -2.30. The third-order valence-corrected chi connectivity index (χ3v) is 4.73. The van der Waals surface area contributed by atoms with E-state index in [2.05, 4.69) is 17.5 Å². The van der Waals surface area contributed by atoms with Crippen molar-refractivity contribution in [3.8, 4) is 5.75 Å². The lowest BCUT2D eigenvalue weighted by Gasteiger charge is -2.16. The van der Waals surface area contributed by atoms with Gasteiger partial charge in [-0.15, -0.1) is 0 Å². The summed E-state index contributed by atoms with van der Waals surface area (Å²) in [5, 5.41) is 4.01. The number of hydrogen-bond acceptors (Lipinski definition) is 4. The molecule has 2 aromatic rings. The molecule has 1 heterocycles. The SMILES string of the molecule is CCOc1ccc(/C=N\NC(=O)[C@H]2CC(=O)N(c3ccc(CC)cc3)C2)cc1. The van der Waals surface area contributed by atoms with Crippen molar-refractivity contribution in [2.24, 2.45) is 11.0 Å². The molecule has 6 heteroatoms. The smallest absolute Gasteiger partial charge is 0.245 e. The zero-order valence-electron chi connectivity index (χ0n) is 16.2. The van der Waals surface area contributed by atoms with Gasteiger partial charge in [-0.05, 0) is 60.9 Å². The van der Waals surface area contributed by atoms with Gasteiger partial charge in [0.2, 0.25) is 11.8 Å². The number of hydrazone groups is 1. The van der Waals surface area contributed by atoms with E-state index in [9.17, 15) is 9.59 Å². The van der Waals surface area contributed by atoms with E-state index in [0.29, 0.717) is 13.2 Å². The molecule has 0 radical (unpaired) electrons. The van der Waals surface area contributed by atoms with Crippen LogP contribution < -0.4 is 15.1 Å². The van der Waals surface area contributed by atoms with Crippen LogP contribution in [0.15, 0.2) is 53.6 Å². The Morgan fingerprint density at radius 2 is 1.89 bits per heavy atom. The van der Waals surface area contributed by atoms with Crippen LogP contribution in [0.25, 0.3) is 0 Å². The topological polar surface area (TPSA) is 71.0 Å². The molecule has 0 aromatic heterocycles. The van der Waals surface area contributed by atoms with Gasteiger partial charge in [0.25, 0.3) is 0 Å². The lowest BCUT2D eigenvalue weighted by molar-refractivity contribution is -0.126. The van der Waals surface area contributed by atoms with E-state index in [0.717, 1.165) is 23.4 Å². The van der Waals surface area contributed by atoms with Crippen molar-refractivity contribution in [1.29, 1.82) is 0 Å². The molecule has 1 fully saturated rings. The summed E-state index contributed by atoms with van der Waals surface area (Å²) in [6, 6.07) is 15.3. The van der Waals surface area contributed by atoms with Crippen molar-refractivity contribution >= 4 is 23.7 Å². The second-order valence-corrected chi connectivity index (χ2v) is 6.66. The monoisotopic (exact) mass is 379 g/mol. The Hall–Kier alpha value is -3.15. The van der Waals surface area contributed by atoms with Gasteiger partial charge >= 0.3 is 0 Å². The first-order valence-electron chi connectivity index (χ1n) is 9.55. The summed E-state index contributed by atoms with van der Waals surface area (Å²) in [4.78, 5) is 26.4. The third kappa shape index (κ3) is 4.76. The number of ether oxygens (including phenoxy) is 1. The highest BCUT2D eigenvalue weighted by molar-refractivity contribution is 6.00. The highest BCUT2D eigenvalue weighted by atomic mass is 16.5. The largest absolute Gasteiger partial charge is 0.494 e. The first-order valence-corrected chi connectivity index (χ1v) is 9.55. The van der Waals surface area contributed by atoms with Gasteiger partial charge in [-0.3, -0.25) is 9.59 Å². The first-order chi connectivity index (χ1) is 13.6. The number of hydrogen-bond donors (Lipinski definition) is 1. The Balaban J connectivity index is 1.55. The van der Waals surface area contributed by atoms with Gasteiger partial charge in [-0.1, -0.05) is 19.1 Å². The number of nitrogens with zero attached hydrogens (tertiary/aromatic N) is 2. The maximum atomic E-state index is 12.4. The Morgan fingerprint density at radius 1 is 1.18 bits per heavy atom. The molecule has 1 atom stereocenters. The molecular weight excluding hydrogens is 354 g/mol. The van der Waals surface area contributed by atoms with E-state index in [1.54, 1.807) is 11.1 Å². The average molecular weight is 379 g/mol. The van der Waals surface area contributed by atoms with Gasteiger partial charge in [-0.2, -0.15) is 5.10 Å². The summed E-state index contributed by atoms with van der Waals surface area (Å²) in [5.41, 5.74) is 5.44. The van der Waals surface area contributed by atoms with Crippen LogP contribution >= 0.6 is 0 Å². The molecule has 2 amide bonds. The number of benzene rings is 2. The number of carbonyl (C=O) groups is 2. The average Bonchev–Trinajstić information content (AvgIpc) is 3.11. The minimum Gasteiger partial charge on any atom is -0.494 e. The fraction of sp³-hybridized carbons (Fsp3) is 0.318. The molecule has 6 nitrogen and oxygen atoms in total. The molecule has 1 N–H and O–H groups in total. The fourth-order valence-corrected chi connectivity index (χ4v) is 3.12. The molecule has 2 aromatic carbocycles. The van der Waals surface area contributed by atoms with E-state index in [4.69, 9.17) is 4.74 Å². The van der Waals surface area contributed by atoms with Crippen molar-refractivity contribution in [2.45, 2.75) is 26.7 Å². The number of nitrogens with one attached hydrogen (secondary N) is 1. The predicted molar refractivity (Wildman–Crippen MR) is 110 cm³/mol. The Kier molecular flexibility index (Phi) is 6.42. The summed E-state index contributed by atoms with van der Waals surface area (Å²) in [6.45, 7) is 5.00. The molecule has 1 saturated heterocycles. The maximum absolute atomic E-state index is 12.4. The van der Waals surface area contributed by atoms with E-state index < -0.39 is 5.92 Å². The second kappa shape index (κ2) is 9.17. The molecule has 0 saturated carbocycles. The van der Waals surface area contributed by atoms with Crippen molar-refractivity contribution in [2.75, 3.05) is 18.1 Å². The minimum atomic E-state index is -0.407. The number of rotatable bonds is 7. The molecule has 146 valence electrons. The third-order valence-electron chi connectivity index (χ3n) is 4.73. The number of anilines is 1. The summed E-state index contributed by atoms with van der Waals surface area (Å²) in [7, 11) is 0. The quantitative estimate of drug-likeness (QED) is 0.593. The molecule has 0 bridgehead atoms. The van der Waals surface area contributed by atoms with Gasteiger partial charge in [0.05, 0.1) is 18.7 Å². The summed E-state index contributed by atoms with van der Waals surface area (Å²) in [5.74, 6) is 0.0964. The van der Waals surface area contributed by atoms with Gasteiger partial charge in [0, 0.05) is 18.7 Å². The van der Waals surface area contributed by atoms with Crippen molar-refractivity contribution in [1.82, 2.24) is 5.43 Å². The molecule has 1 aliphatic rings. The van der Waals surface area contributed by atoms with E-state index in [-0.39, 0.29) is 18.2 Å².